The van der Waals surface area contributed by atoms with Crippen molar-refractivity contribution < 1.29 is 15.3 Å². The minimum Gasteiger partial charge on any atom is -0.395 e. The molecule has 0 aromatic carbocycles. The van der Waals surface area contributed by atoms with Crippen molar-refractivity contribution in [3.8, 4) is 0 Å². The Kier molecular flexibility index (Phi) is 3.88. The van der Waals surface area contributed by atoms with Gasteiger partial charge in [0.25, 0.3) is 0 Å². The molecule has 0 unspecified atom stereocenters. The van der Waals surface area contributed by atoms with E-state index < -0.39 is 5.41 Å². The summed E-state index contributed by atoms with van der Waals surface area (Å²) < 4.78 is 0. The van der Waals surface area contributed by atoms with Crippen molar-refractivity contribution in [2.75, 3.05) is 19.8 Å². The van der Waals surface area contributed by atoms with Crippen LogP contribution in [0.25, 0.3) is 0 Å². The molecule has 0 aromatic rings. The molecular formula is C5H10O3S. The predicted molar refractivity (Wildman–Crippen MR) is 37.3 cm³/mol. The zero-order chi connectivity index (χ0) is 7.33. The predicted octanol–water partition coefficient (Wildman–Crippen LogP) is -1.05. The fourth-order valence-electron chi connectivity index (χ4n) is 0.262. The lowest BCUT2D eigenvalue weighted by Gasteiger charge is -2.20. The second-order valence-corrected chi connectivity index (χ2v) is 2.19. The van der Waals surface area contributed by atoms with Crippen LogP contribution in [0.1, 0.15) is 0 Å². The average Bonchev–Trinajstić information content (AvgIpc) is 1.95. The van der Waals surface area contributed by atoms with Gasteiger partial charge in [-0.1, -0.05) is 12.2 Å². The zero-order valence-electron chi connectivity index (χ0n) is 4.95. The van der Waals surface area contributed by atoms with E-state index in [1.165, 1.54) is 5.37 Å². The lowest BCUT2D eigenvalue weighted by molar-refractivity contribution is 0.0611. The van der Waals surface area contributed by atoms with E-state index >= 15 is 0 Å². The first-order valence-electron chi connectivity index (χ1n) is 2.53. The number of aliphatic hydroxyl groups is 3. The number of hydrogen-bond donors (Lipinski definition) is 3. The van der Waals surface area contributed by atoms with Gasteiger partial charge in [0.2, 0.25) is 0 Å². The van der Waals surface area contributed by atoms with Crippen LogP contribution in [-0.4, -0.2) is 40.5 Å². The van der Waals surface area contributed by atoms with Gasteiger partial charge in [-0.25, -0.2) is 0 Å². The maximum atomic E-state index is 8.56. The Morgan fingerprint density at radius 1 is 1.11 bits per heavy atom. The van der Waals surface area contributed by atoms with Crippen molar-refractivity contribution in [2.24, 2.45) is 5.41 Å². The van der Waals surface area contributed by atoms with Crippen LogP contribution >= 0.6 is 12.2 Å². The van der Waals surface area contributed by atoms with E-state index in [4.69, 9.17) is 15.3 Å². The van der Waals surface area contributed by atoms with Gasteiger partial charge in [0.15, 0.2) is 0 Å². The van der Waals surface area contributed by atoms with Crippen molar-refractivity contribution in [3.05, 3.63) is 0 Å². The van der Waals surface area contributed by atoms with E-state index in [2.05, 4.69) is 12.2 Å². The lowest BCUT2D eigenvalue weighted by Crippen LogP contribution is -2.34. The number of hydrogen-bond acceptors (Lipinski definition) is 4. The maximum absolute atomic E-state index is 8.56. The van der Waals surface area contributed by atoms with Crippen LogP contribution in [0, 0.1) is 5.41 Å². The molecule has 0 aliphatic rings. The number of aliphatic hydroxyl groups excluding tert-OH is 3. The normalized spacial score (nSPS) is 11.4. The van der Waals surface area contributed by atoms with E-state index in [0.717, 1.165) is 0 Å². The molecule has 3 nitrogen and oxygen atoms in total. The second kappa shape index (κ2) is 3.90. The Hall–Kier alpha value is -0.0300. The van der Waals surface area contributed by atoms with Crippen molar-refractivity contribution in [1.29, 1.82) is 0 Å². The molecule has 0 fully saturated rings. The molecule has 0 spiro atoms. The lowest BCUT2D eigenvalue weighted by atomic mass is 9.95. The molecule has 0 aliphatic carbocycles. The van der Waals surface area contributed by atoms with Crippen LogP contribution in [0.4, 0.5) is 0 Å². The fraction of sp³-hybridized carbons (Fsp3) is 0.800. The largest absolute Gasteiger partial charge is 0.395 e. The quantitative estimate of drug-likeness (QED) is 0.447. The summed E-state index contributed by atoms with van der Waals surface area (Å²) in [5.74, 6) is 0. The summed E-state index contributed by atoms with van der Waals surface area (Å²) in [7, 11) is 0. The highest BCUT2D eigenvalue weighted by molar-refractivity contribution is 7.79. The summed E-state index contributed by atoms with van der Waals surface area (Å²) in [4.78, 5) is 0. The van der Waals surface area contributed by atoms with Crippen molar-refractivity contribution in [1.82, 2.24) is 0 Å². The molecule has 0 aromatic heterocycles. The monoisotopic (exact) mass is 150 g/mol. The molecule has 0 amide bonds. The van der Waals surface area contributed by atoms with Crippen LogP contribution in [0.5, 0.6) is 0 Å². The third-order valence-electron chi connectivity index (χ3n) is 1.19. The highest BCUT2D eigenvalue weighted by atomic mass is 32.1. The Morgan fingerprint density at radius 3 is 1.44 bits per heavy atom. The van der Waals surface area contributed by atoms with Gasteiger partial charge in [0, 0.05) is 0 Å². The van der Waals surface area contributed by atoms with E-state index in [0.29, 0.717) is 0 Å². The Morgan fingerprint density at radius 2 is 1.44 bits per heavy atom. The van der Waals surface area contributed by atoms with Gasteiger partial charge in [-0.2, -0.15) is 0 Å². The molecule has 0 saturated carbocycles. The van der Waals surface area contributed by atoms with Gasteiger partial charge < -0.3 is 15.3 Å². The van der Waals surface area contributed by atoms with E-state index in [1.54, 1.807) is 0 Å². The SMILES string of the molecule is OCC(C=S)(CO)CO. The highest BCUT2D eigenvalue weighted by Crippen LogP contribution is 2.10. The minimum atomic E-state index is -0.977. The maximum Gasteiger partial charge on any atom is 0.0678 e. The summed E-state index contributed by atoms with van der Waals surface area (Å²) in [6.45, 7) is -0.948. The number of thiocarbonyl (C=S) groups is 1. The van der Waals surface area contributed by atoms with E-state index in [9.17, 15) is 0 Å². The van der Waals surface area contributed by atoms with Crippen LogP contribution < -0.4 is 0 Å². The van der Waals surface area contributed by atoms with Gasteiger partial charge in [0.05, 0.1) is 25.2 Å². The summed E-state index contributed by atoms with van der Waals surface area (Å²) in [5.41, 5.74) is -0.977. The van der Waals surface area contributed by atoms with Crippen molar-refractivity contribution >= 4 is 17.6 Å². The molecule has 0 saturated heterocycles. The molecular weight excluding hydrogens is 140 g/mol. The first-order valence-corrected chi connectivity index (χ1v) is 3.01. The zero-order valence-corrected chi connectivity index (χ0v) is 5.77. The fourth-order valence-corrected chi connectivity index (χ4v) is 0.485. The molecule has 0 aliphatic heterocycles. The van der Waals surface area contributed by atoms with Crippen LogP contribution in [0.3, 0.4) is 0 Å². The van der Waals surface area contributed by atoms with Gasteiger partial charge in [0.1, 0.15) is 0 Å². The Bertz CT molecular complexity index is 81.9. The molecule has 0 atom stereocenters. The van der Waals surface area contributed by atoms with Crippen LogP contribution in [0.15, 0.2) is 0 Å². The van der Waals surface area contributed by atoms with Crippen LogP contribution in [-0.2, 0) is 0 Å². The first-order chi connectivity index (χ1) is 4.24. The number of rotatable bonds is 4. The molecule has 3 N–H and O–H groups in total. The van der Waals surface area contributed by atoms with E-state index in [1.807, 2.05) is 0 Å². The molecule has 0 heterocycles. The minimum absolute atomic E-state index is 0.316. The third-order valence-corrected chi connectivity index (χ3v) is 1.69. The van der Waals surface area contributed by atoms with Gasteiger partial charge in [-0.05, 0) is 5.37 Å². The van der Waals surface area contributed by atoms with Crippen molar-refractivity contribution in [3.63, 3.8) is 0 Å². The second-order valence-electron chi connectivity index (χ2n) is 1.95. The molecule has 0 bridgehead atoms. The molecule has 54 valence electrons. The van der Waals surface area contributed by atoms with Gasteiger partial charge in [-0.15, -0.1) is 0 Å². The molecule has 0 radical (unpaired) electrons. The Labute approximate surface area is 58.9 Å². The van der Waals surface area contributed by atoms with E-state index in [-0.39, 0.29) is 19.8 Å². The summed E-state index contributed by atoms with van der Waals surface area (Å²) in [6, 6.07) is 0. The molecule has 0 rings (SSSR count). The molecule has 9 heavy (non-hydrogen) atoms. The summed E-state index contributed by atoms with van der Waals surface area (Å²) >= 11 is 4.48. The summed E-state index contributed by atoms with van der Waals surface area (Å²) in [5, 5.41) is 26.9. The Balaban J connectivity index is 3.98. The van der Waals surface area contributed by atoms with Gasteiger partial charge >= 0.3 is 0 Å². The summed E-state index contributed by atoms with van der Waals surface area (Å²) in [6.07, 6.45) is 0. The topological polar surface area (TPSA) is 60.7 Å². The van der Waals surface area contributed by atoms with Crippen molar-refractivity contribution in [2.45, 2.75) is 0 Å². The third kappa shape index (κ3) is 1.98. The highest BCUT2D eigenvalue weighted by Gasteiger charge is 2.24. The smallest absolute Gasteiger partial charge is 0.0678 e. The first kappa shape index (κ1) is 8.97. The van der Waals surface area contributed by atoms with Gasteiger partial charge in [-0.3, -0.25) is 0 Å². The molecule has 4 heteroatoms. The standard InChI is InChI=1S/C5H10O3S/c6-1-5(2-7,3-8)4-9/h4,6-8H,1-3H2. The van der Waals surface area contributed by atoms with Crippen LogP contribution in [0.2, 0.25) is 0 Å². The average molecular weight is 150 g/mol.